The molecule has 2 unspecified atom stereocenters. The number of carbonyl (C=O) groups is 1. The Morgan fingerprint density at radius 2 is 1.87 bits per heavy atom. The zero-order chi connectivity index (χ0) is 23.6. The fraction of sp³-hybridized carbons (Fsp3) is 0.684. The third kappa shape index (κ3) is 8.97. The Morgan fingerprint density at radius 3 is 2.39 bits per heavy atom. The van der Waals surface area contributed by atoms with Gasteiger partial charge in [-0.15, -0.1) is 0 Å². The van der Waals surface area contributed by atoms with Gasteiger partial charge in [0.1, 0.15) is 11.1 Å². The highest BCUT2D eigenvalue weighted by Gasteiger charge is 2.27. The second-order valence-corrected chi connectivity index (χ2v) is 9.80. The smallest absolute Gasteiger partial charge is 0.253 e. The second-order valence-electron chi connectivity index (χ2n) is 7.08. The van der Waals surface area contributed by atoms with Crippen LogP contribution < -0.4 is 4.72 Å². The fourth-order valence-electron chi connectivity index (χ4n) is 2.91. The van der Waals surface area contributed by atoms with Crippen LogP contribution in [0, 0.1) is 0 Å². The third-order valence-corrected chi connectivity index (χ3v) is 7.39. The maximum atomic E-state index is 12.6. The van der Waals surface area contributed by atoms with Crippen LogP contribution in [0.1, 0.15) is 51.1 Å². The van der Waals surface area contributed by atoms with Crippen molar-refractivity contribution in [2.45, 2.75) is 51.4 Å². The number of thiocarbonyl (C=S) groups is 1. The Bertz CT molecular complexity index is 805. The molecular formula is C19H34N6O3S3. The molecule has 1 aromatic heterocycles. The van der Waals surface area contributed by atoms with Gasteiger partial charge in [-0.05, 0) is 33.1 Å². The SMILES string of the molecule is CCC(CCC(=S)N(CC)CC)NS(=O)(=O)CC(=O)N(C)N(C)C(S)c1cnccn1. The second kappa shape index (κ2) is 13.3. The topological polar surface area (TPSA) is 98.7 Å². The number of carbonyl (C=O) groups excluding carboxylic acids is 1. The zero-order valence-electron chi connectivity index (χ0n) is 18.9. The summed E-state index contributed by atoms with van der Waals surface area (Å²) in [4.78, 5) is 23.7. The first kappa shape index (κ1) is 27.7. The first-order valence-electron chi connectivity index (χ1n) is 10.3. The zero-order valence-corrected chi connectivity index (χ0v) is 21.4. The lowest BCUT2D eigenvalue weighted by atomic mass is 10.1. The van der Waals surface area contributed by atoms with Crippen LogP contribution in [-0.4, -0.2) is 83.2 Å². The van der Waals surface area contributed by atoms with Gasteiger partial charge in [0, 0.05) is 45.6 Å². The lowest BCUT2D eigenvalue weighted by molar-refractivity contribution is -0.141. The van der Waals surface area contributed by atoms with E-state index in [9.17, 15) is 13.2 Å². The Kier molecular flexibility index (Phi) is 11.8. The van der Waals surface area contributed by atoms with E-state index in [-0.39, 0.29) is 6.04 Å². The monoisotopic (exact) mass is 490 g/mol. The van der Waals surface area contributed by atoms with Crippen molar-refractivity contribution in [1.82, 2.24) is 29.6 Å². The van der Waals surface area contributed by atoms with Crippen LogP contribution in [0.5, 0.6) is 0 Å². The van der Waals surface area contributed by atoms with Gasteiger partial charge in [-0.1, -0.05) is 19.1 Å². The lowest BCUT2D eigenvalue weighted by Gasteiger charge is -2.32. The molecule has 0 aromatic carbocycles. The number of aromatic nitrogens is 2. The number of rotatable bonds is 13. The molecule has 9 nitrogen and oxygen atoms in total. The van der Waals surface area contributed by atoms with Crippen molar-refractivity contribution in [2.75, 3.05) is 32.9 Å². The summed E-state index contributed by atoms with van der Waals surface area (Å²) in [6, 6.07) is -0.286. The van der Waals surface area contributed by atoms with Gasteiger partial charge in [-0.25, -0.2) is 18.1 Å². The van der Waals surface area contributed by atoms with Crippen molar-refractivity contribution >= 4 is 45.8 Å². The summed E-state index contributed by atoms with van der Waals surface area (Å²) in [7, 11) is -0.688. The van der Waals surface area contributed by atoms with E-state index in [4.69, 9.17) is 12.2 Å². The van der Waals surface area contributed by atoms with E-state index in [1.54, 1.807) is 13.2 Å². The van der Waals surface area contributed by atoms with Gasteiger partial charge in [0.05, 0.1) is 16.9 Å². The maximum Gasteiger partial charge on any atom is 0.253 e. The number of nitrogens with zero attached hydrogens (tertiary/aromatic N) is 5. The largest absolute Gasteiger partial charge is 0.367 e. The molecule has 0 aliphatic rings. The van der Waals surface area contributed by atoms with Gasteiger partial charge in [0.25, 0.3) is 5.91 Å². The summed E-state index contributed by atoms with van der Waals surface area (Å²) in [5.41, 5.74) is 0.546. The lowest BCUT2D eigenvalue weighted by Crippen LogP contribution is -2.47. The van der Waals surface area contributed by atoms with Gasteiger partial charge >= 0.3 is 0 Å². The van der Waals surface area contributed by atoms with Crippen molar-refractivity contribution in [3.63, 3.8) is 0 Å². The summed E-state index contributed by atoms with van der Waals surface area (Å²) in [6.45, 7) is 7.63. The molecule has 0 saturated carbocycles. The molecule has 0 aliphatic heterocycles. The molecule has 1 aromatic rings. The highest BCUT2D eigenvalue weighted by molar-refractivity contribution is 7.90. The molecule has 0 bridgehead atoms. The minimum atomic E-state index is -3.82. The van der Waals surface area contributed by atoms with Crippen LogP contribution in [0.4, 0.5) is 0 Å². The highest BCUT2D eigenvalue weighted by atomic mass is 32.2. The van der Waals surface area contributed by atoms with Crippen molar-refractivity contribution < 1.29 is 13.2 Å². The normalized spacial score (nSPS) is 13.6. The minimum Gasteiger partial charge on any atom is -0.367 e. The average Bonchev–Trinajstić information content (AvgIpc) is 2.75. The van der Waals surface area contributed by atoms with Crippen LogP contribution in [-0.2, 0) is 14.8 Å². The number of sulfonamides is 1. The molecule has 0 aliphatic carbocycles. The van der Waals surface area contributed by atoms with Crippen molar-refractivity contribution in [3.8, 4) is 0 Å². The molecule has 0 saturated heterocycles. The molecule has 1 amide bonds. The number of hydrogen-bond donors (Lipinski definition) is 2. The van der Waals surface area contributed by atoms with Crippen LogP contribution in [0.2, 0.25) is 0 Å². The highest BCUT2D eigenvalue weighted by Crippen LogP contribution is 2.21. The number of nitrogens with one attached hydrogen (secondary N) is 1. The van der Waals surface area contributed by atoms with Gasteiger partial charge in [0.15, 0.2) is 0 Å². The summed E-state index contributed by atoms with van der Waals surface area (Å²) < 4.78 is 27.9. The molecular weight excluding hydrogens is 456 g/mol. The van der Waals surface area contributed by atoms with Crippen LogP contribution in [0.3, 0.4) is 0 Å². The maximum absolute atomic E-state index is 12.6. The molecule has 0 spiro atoms. The molecule has 1 rings (SSSR count). The average molecular weight is 491 g/mol. The molecule has 31 heavy (non-hydrogen) atoms. The van der Waals surface area contributed by atoms with Crippen molar-refractivity contribution in [3.05, 3.63) is 24.3 Å². The molecule has 176 valence electrons. The fourth-order valence-corrected chi connectivity index (χ4v) is 4.96. The quantitative estimate of drug-likeness (QED) is 0.187. The Labute approximate surface area is 197 Å². The van der Waals surface area contributed by atoms with E-state index in [0.29, 0.717) is 25.0 Å². The standard InChI is InChI=1S/C19H34N6O3S3/c1-6-15(9-10-18(29)25(7-2)8-3)22-31(27,28)14-17(26)23(4)24(5)19(30)16-13-20-11-12-21-16/h11-13,15,19,22,30H,6-10,14H2,1-5H3. The minimum absolute atomic E-state index is 0.286. The summed E-state index contributed by atoms with van der Waals surface area (Å²) in [5, 5.41) is 2.18. The Morgan fingerprint density at radius 1 is 1.23 bits per heavy atom. The predicted molar refractivity (Wildman–Crippen MR) is 130 cm³/mol. The molecule has 2 atom stereocenters. The molecule has 1 heterocycles. The number of amides is 1. The molecule has 12 heteroatoms. The predicted octanol–water partition coefficient (Wildman–Crippen LogP) is 1.86. The summed E-state index contributed by atoms with van der Waals surface area (Å²) in [5.74, 6) is -1.24. The number of thiol groups is 1. The van der Waals surface area contributed by atoms with E-state index in [1.807, 2.05) is 20.8 Å². The first-order valence-corrected chi connectivity index (χ1v) is 12.8. The summed E-state index contributed by atoms with van der Waals surface area (Å²) in [6.07, 6.45) is 6.42. The Balaban J connectivity index is 2.67. The van der Waals surface area contributed by atoms with E-state index in [0.717, 1.165) is 18.1 Å². The molecule has 0 radical (unpaired) electrons. The van der Waals surface area contributed by atoms with Crippen molar-refractivity contribution in [2.24, 2.45) is 0 Å². The molecule has 1 N–H and O–H groups in total. The number of hydrazine groups is 1. The van der Waals surface area contributed by atoms with Gasteiger partial charge in [-0.2, -0.15) is 12.6 Å². The van der Waals surface area contributed by atoms with Crippen LogP contribution in [0.25, 0.3) is 0 Å². The van der Waals surface area contributed by atoms with E-state index in [2.05, 4.69) is 32.2 Å². The van der Waals surface area contributed by atoms with E-state index < -0.39 is 27.1 Å². The van der Waals surface area contributed by atoms with E-state index in [1.165, 1.54) is 29.5 Å². The third-order valence-electron chi connectivity index (χ3n) is 5.01. The van der Waals surface area contributed by atoms with Gasteiger partial charge < -0.3 is 4.90 Å². The van der Waals surface area contributed by atoms with Crippen LogP contribution >= 0.6 is 24.8 Å². The molecule has 0 fully saturated rings. The van der Waals surface area contributed by atoms with E-state index >= 15 is 0 Å². The summed E-state index contributed by atoms with van der Waals surface area (Å²) >= 11 is 9.90. The number of hydrogen-bond acceptors (Lipinski definition) is 8. The first-order chi connectivity index (χ1) is 14.6. The van der Waals surface area contributed by atoms with Gasteiger partial charge in [0.2, 0.25) is 10.0 Å². The van der Waals surface area contributed by atoms with Crippen LogP contribution in [0.15, 0.2) is 18.6 Å². The van der Waals surface area contributed by atoms with Crippen molar-refractivity contribution in [1.29, 1.82) is 0 Å². The van der Waals surface area contributed by atoms with Gasteiger partial charge in [-0.3, -0.25) is 19.8 Å². The Hall–Kier alpha value is -1.34.